The number of rotatable bonds is 20. The SMILES string of the molecule is O=C(CCCCCOC(=O)COCC(=O)OCCCCCC(=O)OCc1ccccc1)OCc1ccccc1. The lowest BCUT2D eigenvalue weighted by molar-refractivity contribution is -0.156. The summed E-state index contributed by atoms with van der Waals surface area (Å²) in [5.74, 6) is -1.64. The monoisotopic (exact) mass is 542 g/mol. The third-order valence-electron chi connectivity index (χ3n) is 5.50. The number of hydrogen-bond donors (Lipinski definition) is 0. The zero-order chi connectivity index (χ0) is 28.0. The lowest BCUT2D eigenvalue weighted by atomic mass is 10.2. The number of benzene rings is 2. The molecule has 0 fully saturated rings. The van der Waals surface area contributed by atoms with Crippen molar-refractivity contribution in [2.75, 3.05) is 26.4 Å². The molecule has 0 N–H and O–H groups in total. The molecule has 0 aliphatic rings. The topological polar surface area (TPSA) is 114 Å². The maximum atomic E-state index is 11.8. The van der Waals surface area contributed by atoms with Crippen molar-refractivity contribution in [3.8, 4) is 0 Å². The van der Waals surface area contributed by atoms with E-state index in [0.29, 0.717) is 38.5 Å². The molecule has 9 nitrogen and oxygen atoms in total. The van der Waals surface area contributed by atoms with Gasteiger partial charge in [-0.15, -0.1) is 0 Å². The van der Waals surface area contributed by atoms with E-state index in [1.807, 2.05) is 60.7 Å². The maximum absolute atomic E-state index is 11.8. The fourth-order valence-corrected chi connectivity index (χ4v) is 3.39. The molecule has 2 aromatic rings. The molecule has 0 aliphatic carbocycles. The summed E-state index contributed by atoms with van der Waals surface area (Å²) in [4.78, 5) is 46.9. The van der Waals surface area contributed by atoms with Crippen molar-refractivity contribution in [2.45, 2.75) is 64.6 Å². The van der Waals surface area contributed by atoms with Crippen molar-refractivity contribution in [1.82, 2.24) is 0 Å². The second-order valence-electron chi connectivity index (χ2n) is 8.85. The highest BCUT2D eigenvalue weighted by Gasteiger charge is 2.09. The second-order valence-corrected chi connectivity index (χ2v) is 8.85. The predicted molar refractivity (Wildman–Crippen MR) is 142 cm³/mol. The van der Waals surface area contributed by atoms with Gasteiger partial charge in [0, 0.05) is 12.8 Å². The molecule has 2 aromatic carbocycles. The zero-order valence-electron chi connectivity index (χ0n) is 22.3. The first-order valence-corrected chi connectivity index (χ1v) is 13.3. The summed E-state index contributed by atoms with van der Waals surface area (Å²) in [6.07, 6.45) is 4.58. The van der Waals surface area contributed by atoms with Gasteiger partial charge in [-0.25, -0.2) is 9.59 Å². The second kappa shape index (κ2) is 20.3. The van der Waals surface area contributed by atoms with Crippen molar-refractivity contribution < 1.29 is 42.9 Å². The summed E-state index contributed by atoms with van der Waals surface area (Å²) in [5, 5.41) is 0. The summed E-state index contributed by atoms with van der Waals surface area (Å²) < 4.78 is 25.6. The highest BCUT2D eigenvalue weighted by Crippen LogP contribution is 2.07. The van der Waals surface area contributed by atoms with Crippen LogP contribution >= 0.6 is 0 Å². The Morgan fingerprint density at radius 1 is 0.462 bits per heavy atom. The van der Waals surface area contributed by atoms with Crippen LogP contribution in [0.25, 0.3) is 0 Å². The number of ether oxygens (including phenoxy) is 5. The van der Waals surface area contributed by atoms with Crippen LogP contribution in [0.1, 0.15) is 62.5 Å². The van der Waals surface area contributed by atoms with Crippen molar-refractivity contribution >= 4 is 23.9 Å². The predicted octanol–water partition coefficient (Wildman–Crippen LogP) is 4.70. The smallest absolute Gasteiger partial charge is 0.332 e. The molecule has 0 saturated heterocycles. The van der Waals surface area contributed by atoms with Crippen molar-refractivity contribution in [3.05, 3.63) is 71.8 Å². The van der Waals surface area contributed by atoms with E-state index < -0.39 is 11.9 Å². The quantitative estimate of drug-likeness (QED) is 0.133. The van der Waals surface area contributed by atoms with Gasteiger partial charge in [-0.2, -0.15) is 0 Å². The van der Waals surface area contributed by atoms with Gasteiger partial charge in [0.15, 0.2) is 0 Å². The lowest BCUT2D eigenvalue weighted by Crippen LogP contribution is -2.19. The molecule has 39 heavy (non-hydrogen) atoms. The Morgan fingerprint density at radius 3 is 1.28 bits per heavy atom. The first kappa shape index (κ1) is 31.5. The summed E-state index contributed by atoms with van der Waals surface area (Å²) in [5.41, 5.74) is 1.89. The minimum Gasteiger partial charge on any atom is -0.464 e. The van der Waals surface area contributed by atoms with Gasteiger partial charge in [0.25, 0.3) is 0 Å². The van der Waals surface area contributed by atoms with Crippen LogP contribution in [0.4, 0.5) is 0 Å². The van der Waals surface area contributed by atoms with Gasteiger partial charge in [0.2, 0.25) is 0 Å². The van der Waals surface area contributed by atoms with Crippen molar-refractivity contribution in [2.24, 2.45) is 0 Å². The van der Waals surface area contributed by atoms with Gasteiger partial charge in [-0.3, -0.25) is 9.59 Å². The number of carbonyl (C=O) groups excluding carboxylic acids is 4. The molecule has 0 amide bonds. The molecule has 9 heteroatoms. The van der Waals surface area contributed by atoms with Crippen LogP contribution in [0.5, 0.6) is 0 Å². The van der Waals surface area contributed by atoms with Crippen LogP contribution < -0.4 is 0 Å². The number of esters is 4. The molecular weight excluding hydrogens is 504 g/mol. The van der Waals surface area contributed by atoms with E-state index in [2.05, 4.69) is 0 Å². The first-order valence-electron chi connectivity index (χ1n) is 13.3. The van der Waals surface area contributed by atoms with E-state index in [1.165, 1.54) is 0 Å². The minimum atomic E-state index is -0.566. The summed E-state index contributed by atoms with van der Waals surface area (Å²) >= 11 is 0. The Bertz CT molecular complexity index is 897. The highest BCUT2D eigenvalue weighted by molar-refractivity contribution is 5.73. The Balaban J connectivity index is 1.34. The van der Waals surface area contributed by atoms with Crippen LogP contribution in [0, 0.1) is 0 Å². The van der Waals surface area contributed by atoms with Crippen LogP contribution in [0.3, 0.4) is 0 Å². The van der Waals surface area contributed by atoms with Gasteiger partial charge in [-0.05, 0) is 49.7 Å². The lowest BCUT2D eigenvalue weighted by Gasteiger charge is -2.07. The van der Waals surface area contributed by atoms with E-state index in [9.17, 15) is 19.2 Å². The fourth-order valence-electron chi connectivity index (χ4n) is 3.39. The van der Waals surface area contributed by atoms with Gasteiger partial charge >= 0.3 is 23.9 Å². The van der Waals surface area contributed by atoms with Gasteiger partial charge in [-0.1, -0.05) is 60.7 Å². The highest BCUT2D eigenvalue weighted by atomic mass is 16.6. The van der Waals surface area contributed by atoms with E-state index in [1.54, 1.807) is 0 Å². The molecule has 0 heterocycles. The number of hydrogen-bond acceptors (Lipinski definition) is 9. The van der Waals surface area contributed by atoms with Crippen LogP contribution in [0.2, 0.25) is 0 Å². The van der Waals surface area contributed by atoms with Crippen molar-refractivity contribution in [3.63, 3.8) is 0 Å². The zero-order valence-corrected chi connectivity index (χ0v) is 22.3. The molecule has 0 unspecified atom stereocenters. The summed E-state index contributed by atoms with van der Waals surface area (Å²) in [6, 6.07) is 19.0. The number of unbranched alkanes of at least 4 members (excludes halogenated alkanes) is 4. The van der Waals surface area contributed by atoms with E-state index in [0.717, 1.165) is 24.0 Å². The van der Waals surface area contributed by atoms with E-state index >= 15 is 0 Å². The first-order chi connectivity index (χ1) is 19.0. The molecule has 0 bridgehead atoms. The van der Waals surface area contributed by atoms with Crippen LogP contribution in [-0.2, 0) is 56.1 Å². The molecule has 0 aliphatic heterocycles. The largest absolute Gasteiger partial charge is 0.464 e. The van der Waals surface area contributed by atoms with Crippen molar-refractivity contribution in [1.29, 1.82) is 0 Å². The Hall–Kier alpha value is -3.72. The Morgan fingerprint density at radius 2 is 0.872 bits per heavy atom. The third-order valence-corrected chi connectivity index (χ3v) is 5.50. The molecule has 0 spiro atoms. The average molecular weight is 543 g/mol. The maximum Gasteiger partial charge on any atom is 0.332 e. The third kappa shape index (κ3) is 16.7. The van der Waals surface area contributed by atoms with E-state index in [-0.39, 0.29) is 51.6 Å². The van der Waals surface area contributed by atoms with Crippen LogP contribution in [0.15, 0.2) is 60.7 Å². The fraction of sp³-hybridized carbons (Fsp3) is 0.467. The molecule has 0 atom stereocenters. The number of carbonyl (C=O) groups is 4. The van der Waals surface area contributed by atoms with Gasteiger partial charge < -0.3 is 23.7 Å². The van der Waals surface area contributed by atoms with Gasteiger partial charge in [0.05, 0.1) is 13.2 Å². The minimum absolute atomic E-state index is 0.214. The van der Waals surface area contributed by atoms with Gasteiger partial charge in [0.1, 0.15) is 26.4 Å². The Kier molecular flexibility index (Phi) is 16.4. The standard InChI is InChI=1S/C30H38O9/c31-27(38-21-25-13-5-1-6-14-25)17-9-3-11-19-36-29(33)23-35-24-30(34)37-20-12-4-10-18-28(32)39-22-26-15-7-2-8-16-26/h1-2,5-8,13-16H,3-4,9-12,17-24H2. The molecule has 212 valence electrons. The average Bonchev–Trinajstić information content (AvgIpc) is 2.95. The molecule has 0 aromatic heterocycles. The normalized spacial score (nSPS) is 10.5. The summed E-state index contributed by atoms with van der Waals surface area (Å²) in [7, 11) is 0. The van der Waals surface area contributed by atoms with E-state index in [4.69, 9.17) is 23.7 Å². The molecule has 2 rings (SSSR count). The summed E-state index contributed by atoms with van der Waals surface area (Å²) in [6.45, 7) is 0.270. The Labute approximate surface area is 229 Å². The molecular formula is C30H38O9. The molecule has 0 saturated carbocycles. The van der Waals surface area contributed by atoms with Crippen LogP contribution in [-0.4, -0.2) is 50.3 Å². The molecule has 0 radical (unpaired) electrons.